The number of nitrogens with one attached hydrogen (secondary N) is 2. The lowest BCUT2D eigenvalue weighted by Crippen LogP contribution is -2.28. The van der Waals surface area contributed by atoms with E-state index in [0.29, 0.717) is 48.9 Å². The normalized spacial score (nSPS) is 14.1. The number of carbonyl (C=O) groups excluding carboxylic acids is 2. The summed E-state index contributed by atoms with van der Waals surface area (Å²) in [5.74, 6) is -0.243. The van der Waals surface area contributed by atoms with Crippen molar-refractivity contribution in [3.63, 3.8) is 0 Å². The molecule has 0 unspecified atom stereocenters. The van der Waals surface area contributed by atoms with Crippen molar-refractivity contribution in [1.29, 1.82) is 0 Å². The summed E-state index contributed by atoms with van der Waals surface area (Å²) in [6, 6.07) is 11.2. The van der Waals surface area contributed by atoms with Crippen LogP contribution in [0.4, 0.5) is 5.69 Å². The fourth-order valence-electron chi connectivity index (χ4n) is 3.51. The predicted molar refractivity (Wildman–Crippen MR) is 127 cm³/mol. The standard InChI is InChI=1S/C23H28ClN3O5S/c1-2-32-20-12-11-19(16-21(20)33(30,31)27-14-3-4-15-27)26-22(28)6-5-13-25-23(29)17-7-9-18(24)10-8-17/h7-12,16H,2-6,13-15H2,1H3,(H,25,29)(H,26,28). The molecule has 1 saturated heterocycles. The molecule has 0 radical (unpaired) electrons. The highest BCUT2D eigenvalue weighted by atomic mass is 35.5. The summed E-state index contributed by atoms with van der Waals surface area (Å²) in [7, 11) is -3.71. The molecule has 2 aromatic carbocycles. The zero-order valence-electron chi connectivity index (χ0n) is 18.5. The Balaban J connectivity index is 1.56. The van der Waals surface area contributed by atoms with Gasteiger partial charge in [-0.1, -0.05) is 11.6 Å². The van der Waals surface area contributed by atoms with Gasteiger partial charge in [0.15, 0.2) is 0 Å². The van der Waals surface area contributed by atoms with Gasteiger partial charge in [0.25, 0.3) is 5.91 Å². The van der Waals surface area contributed by atoms with Crippen LogP contribution in [0.25, 0.3) is 0 Å². The van der Waals surface area contributed by atoms with Gasteiger partial charge in [-0.15, -0.1) is 0 Å². The summed E-state index contributed by atoms with van der Waals surface area (Å²) in [5.41, 5.74) is 0.872. The number of benzene rings is 2. The minimum absolute atomic E-state index is 0.0549. The van der Waals surface area contributed by atoms with Gasteiger partial charge in [-0.3, -0.25) is 9.59 Å². The molecule has 33 heavy (non-hydrogen) atoms. The lowest BCUT2D eigenvalue weighted by atomic mass is 10.2. The van der Waals surface area contributed by atoms with Gasteiger partial charge in [0, 0.05) is 42.3 Å². The van der Waals surface area contributed by atoms with Crippen LogP contribution < -0.4 is 15.4 Å². The van der Waals surface area contributed by atoms with E-state index in [4.69, 9.17) is 16.3 Å². The Bertz CT molecular complexity index is 1080. The van der Waals surface area contributed by atoms with E-state index in [1.165, 1.54) is 10.4 Å². The third kappa shape index (κ3) is 6.69. The van der Waals surface area contributed by atoms with Gasteiger partial charge >= 0.3 is 0 Å². The Morgan fingerprint density at radius 1 is 1.09 bits per heavy atom. The van der Waals surface area contributed by atoms with E-state index in [9.17, 15) is 18.0 Å². The number of amides is 2. The highest BCUT2D eigenvalue weighted by Gasteiger charge is 2.30. The Labute approximate surface area is 199 Å². The molecule has 1 heterocycles. The number of nitrogens with zero attached hydrogens (tertiary/aromatic N) is 1. The predicted octanol–water partition coefficient (Wildman–Crippen LogP) is 3.67. The van der Waals surface area contributed by atoms with Crippen LogP contribution in [0.1, 0.15) is 43.0 Å². The molecule has 0 saturated carbocycles. The van der Waals surface area contributed by atoms with Crippen LogP contribution in [0.2, 0.25) is 5.02 Å². The second-order valence-electron chi connectivity index (χ2n) is 7.62. The maximum Gasteiger partial charge on any atom is 0.251 e. The first-order valence-electron chi connectivity index (χ1n) is 10.9. The van der Waals surface area contributed by atoms with Gasteiger partial charge in [-0.2, -0.15) is 4.31 Å². The maximum atomic E-state index is 13.1. The molecule has 0 aromatic heterocycles. The third-order valence-corrected chi connectivity index (χ3v) is 7.35. The molecule has 8 nitrogen and oxygen atoms in total. The number of anilines is 1. The molecule has 178 valence electrons. The Hall–Kier alpha value is -2.62. The quantitative estimate of drug-likeness (QED) is 0.491. The molecule has 3 rings (SSSR count). The SMILES string of the molecule is CCOc1ccc(NC(=O)CCCNC(=O)c2ccc(Cl)cc2)cc1S(=O)(=O)N1CCCC1. The molecule has 0 aliphatic carbocycles. The summed E-state index contributed by atoms with van der Waals surface area (Å²) in [4.78, 5) is 24.5. The minimum Gasteiger partial charge on any atom is -0.492 e. The van der Waals surface area contributed by atoms with Gasteiger partial charge in [0.2, 0.25) is 15.9 Å². The van der Waals surface area contributed by atoms with Crippen molar-refractivity contribution < 1.29 is 22.7 Å². The second kappa shape index (κ2) is 11.5. The molecule has 2 amide bonds. The van der Waals surface area contributed by atoms with Crippen LogP contribution in [-0.4, -0.2) is 50.8 Å². The number of hydrogen-bond donors (Lipinski definition) is 2. The van der Waals surface area contributed by atoms with Gasteiger partial charge < -0.3 is 15.4 Å². The third-order valence-electron chi connectivity index (χ3n) is 5.18. The van der Waals surface area contributed by atoms with Crippen molar-refractivity contribution in [1.82, 2.24) is 9.62 Å². The van der Waals surface area contributed by atoms with E-state index in [1.807, 2.05) is 0 Å². The van der Waals surface area contributed by atoms with Crippen LogP contribution in [0.5, 0.6) is 5.75 Å². The van der Waals surface area contributed by atoms with Gasteiger partial charge in [0.05, 0.1) is 6.61 Å². The number of hydrogen-bond acceptors (Lipinski definition) is 5. The first-order chi connectivity index (χ1) is 15.8. The van der Waals surface area contributed by atoms with Crippen LogP contribution in [0.3, 0.4) is 0 Å². The molecule has 1 aliphatic rings. The van der Waals surface area contributed by atoms with Crippen molar-refractivity contribution in [3.05, 3.63) is 53.1 Å². The Morgan fingerprint density at radius 3 is 2.45 bits per heavy atom. The Kier molecular flexibility index (Phi) is 8.71. The number of halogens is 1. The number of ether oxygens (including phenoxy) is 1. The van der Waals surface area contributed by atoms with E-state index < -0.39 is 10.0 Å². The fraction of sp³-hybridized carbons (Fsp3) is 0.391. The molecule has 2 aromatic rings. The average molecular weight is 494 g/mol. The highest BCUT2D eigenvalue weighted by Crippen LogP contribution is 2.31. The number of rotatable bonds is 10. The molecule has 0 atom stereocenters. The zero-order valence-corrected chi connectivity index (χ0v) is 20.0. The van der Waals surface area contributed by atoms with Crippen molar-refractivity contribution in [3.8, 4) is 5.75 Å². The minimum atomic E-state index is -3.71. The van der Waals surface area contributed by atoms with Crippen LogP contribution >= 0.6 is 11.6 Å². The van der Waals surface area contributed by atoms with Crippen molar-refractivity contribution >= 4 is 39.1 Å². The van der Waals surface area contributed by atoms with Gasteiger partial charge in [-0.05, 0) is 68.7 Å². The first-order valence-corrected chi connectivity index (χ1v) is 12.7. The second-order valence-corrected chi connectivity index (χ2v) is 9.96. The Morgan fingerprint density at radius 2 is 1.79 bits per heavy atom. The molecule has 1 aliphatic heterocycles. The first kappa shape index (κ1) is 25.0. The molecule has 0 bridgehead atoms. The molecular formula is C23H28ClN3O5S. The lowest BCUT2D eigenvalue weighted by molar-refractivity contribution is -0.116. The summed E-state index contributed by atoms with van der Waals surface area (Å²) in [6.45, 7) is 3.40. The van der Waals surface area contributed by atoms with Crippen molar-refractivity contribution in [2.45, 2.75) is 37.5 Å². The molecule has 0 spiro atoms. The largest absolute Gasteiger partial charge is 0.492 e. The molecule has 10 heteroatoms. The number of sulfonamides is 1. The zero-order chi connectivity index (χ0) is 23.8. The van der Waals surface area contributed by atoms with Gasteiger partial charge in [-0.25, -0.2) is 8.42 Å². The molecular weight excluding hydrogens is 466 g/mol. The highest BCUT2D eigenvalue weighted by molar-refractivity contribution is 7.89. The molecule has 2 N–H and O–H groups in total. The van der Waals surface area contributed by atoms with Crippen LogP contribution in [0.15, 0.2) is 47.4 Å². The van der Waals surface area contributed by atoms with Crippen LogP contribution in [-0.2, 0) is 14.8 Å². The average Bonchev–Trinajstić information content (AvgIpc) is 3.34. The summed E-state index contributed by atoms with van der Waals surface area (Å²) < 4.78 is 33.1. The van der Waals surface area contributed by atoms with E-state index >= 15 is 0 Å². The summed E-state index contributed by atoms with van der Waals surface area (Å²) in [5, 5.41) is 6.04. The van der Waals surface area contributed by atoms with Gasteiger partial charge in [0.1, 0.15) is 10.6 Å². The fourth-order valence-corrected chi connectivity index (χ4v) is 5.31. The van der Waals surface area contributed by atoms with E-state index in [-0.39, 0.29) is 28.9 Å². The maximum absolute atomic E-state index is 13.1. The summed E-state index contributed by atoms with van der Waals surface area (Å²) >= 11 is 5.82. The number of carbonyl (C=O) groups is 2. The topological polar surface area (TPSA) is 105 Å². The van der Waals surface area contributed by atoms with E-state index in [2.05, 4.69) is 10.6 Å². The summed E-state index contributed by atoms with van der Waals surface area (Å²) in [6.07, 6.45) is 2.26. The van der Waals surface area contributed by atoms with Crippen molar-refractivity contribution in [2.75, 3.05) is 31.6 Å². The lowest BCUT2D eigenvalue weighted by Gasteiger charge is -2.19. The monoisotopic (exact) mass is 493 g/mol. The van der Waals surface area contributed by atoms with Crippen molar-refractivity contribution in [2.24, 2.45) is 0 Å². The molecule has 1 fully saturated rings. The van der Waals surface area contributed by atoms with E-state index in [0.717, 1.165) is 12.8 Å². The van der Waals surface area contributed by atoms with E-state index in [1.54, 1.807) is 43.3 Å². The smallest absolute Gasteiger partial charge is 0.251 e. The van der Waals surface area contributed by atoms with Crippen LogP contribution in [0, 0.1) is 0 Å².